The predicted molar refractivity (Wildman–Crippen MR) is 62.7 cm³/mol. The van der Waals surface area contributed by atoms with Crippen molar-refractivity contribution in [2.24, 2.45) is 12.8 Å². The Balaban J connectivity index is 2.43. The average molecular weight is 210 g/mol. The fourth-order valence-corrected chi connectivity index (χ4v) is 1.68. The van der Waals surface area contributed by atoms with Crippen LogP contribution in [0.15, 0.2) is 12.4 Å². The van der Waals surface area contributed by atoms with Crippen LogP contribution in [0.25, 0.3) is 0 Å². The molecule has 15 heavy (non-hydrogen) atoms. The Morgan fingerprint density at radius 3 is 2.67 bits per heavy atom. The van der Waals surface area contributed by atoms with Crippen molar-refractivity contribution in [3.63, 3.8) is 0 Å². The van der Waals surface area contributed by atoms with Gasteiger partial charge in [-0.3, -0.25) is 4.90 Å². The van der Waals surface area contributed by atoms with Gasteiger partial charge < -0.3 is 10.3 Å². The zero-order valence-electron chi connectivity index (χ0n) is 9.98. The molecule has 0 fully saturated rings. The van der Waals surface area contributed by atoms with Gasteiger partial charge in [-0.25, -0.2) is 4.98 Å². The van der Waals surface area contributed by atoms with Gasteiger partial charge in [0, 0.05) is 51.5 Å². The maximum absolute atomic E-state index is 5.58. The summed E-state index contributed by atoms with van der Waals surface area (Å²) in [4.78, 5) is 6.70. The molecule has 0 unspecified atom stereocenters. The monoisotopic (exact) mass is 210 g/mol. The van der Waals surface area contributed by atoms with Gasteiger partial charge in [0.1, 0.15) is 5.82 Å². The second kappa shape index (κ2) is 5.88. The number of imidazole rings is 1. The van der Waals surface area contributed by atoms with Crippen LogP contribution in [0.3, 0.4) is 0 Å². The van der Waals surface area contributed by atoms with Crippen molar-refractivity contribution in [1.82, 2.24) is 14.5 Å². The number of nitrogens with two attached hydrogens (primary N) is 1. The highest BCUT2D eigenvalue weighted by atomic mass is 15.2. The Bertz CT molecular complexity index is 280. The van der Waals surface area contributed by atoms with Crippen molar-refractivity contribution in [2.75, 3.05) is 19.6 Å². The van der Waals surface area contributed by atoms with E-state index in [0.29, 0.717) is 6.04 Å². The van der Waals surface area contributed by atoms with E-state index in [0.717, 1.165) is 31.9 Å². The molecule has 0 saturated carbocycles. The minimum atomic E-state index is 0.550. The molecule has 0 aliphatic rings. The lowest BCUT2D eigenvalue weighted by molar-refractivity contribution is 0.229. The van der Waals surface area contributed by atoms with Gasteiger partial charge in [-0.2, -0.15) is 0 Å². The summed E-state index contributed by atoms with van der Waals surface area (Å²) in [5.74, 6) is 1.14. The van der Waals surface area contributed by atoms with Crippen molar-refractivity contribution in [3.05, 3.63) is 18.2 Å². The number of rotatable bonds is 6. The molecule has 1 heterocycles. The number of aromatic nitrogens is 2. The van der Waals surface area contributed by atoms with E-state index < -0.39 is 0 Å². The zero-order valence-corrected chi connectivity index (χ0v) is 9.98. The molecule has 2 N–H and O–H groups in total. The Morgan fingerprint density at radius 1 is 1.47 bits per heavy atom. The summed E-state index contributed by atoms with van der Waals surface area (Å²) in [7, 11) is 2.03. The molecule has 0 bridgehead atoms. The summed E-state index contributed by atoms with van der Waals surface area (Å²) in [6.07, 6.45) is 4.82. The molecule has 0 radical (unpaired) electrons. The normalized spacial score (nSPS) is 11.6. The molecule has 1 aromatic rings. The SMILES string of the molecule is CC(C)N(CCN)CCc1nccn1C. The maximum atomic E-state index is 5.58. The summed E-state index contributed by atoms with van der Waals surface area (Å²) in [5, 5.41) is 0. The molecule has 4 heteroatoms. The highest BCUT2D eigenvalue weighted by Gasteiger charge is 2.09. The van der Waals surface area contributed by atoms with Gasteiger partial charge in [0.25, 0.3) is 0 Å². The van der Waals surface area contributed by atoms with E-state index in [2.05, 4.69) is 28.3 Å². The summed E-state index contributed by atoms with van der Waals surface area (Å²) in [6.45, 7) is 7.11. The second-order valence-corrected chi connectivity index (χ2v) is 4.12. The smallest absolute Gasteiger partial charge is 0.109 e. The van der Waals surface area contributed by atoms with Gasteiger partial charge in [0.2, 0.25) is 0 Å². The van der Waals surface area contributed by atoms with Crippen molar-refractivity contribution in [3.8, 4) is 0 Å². The number of hydrogen-bond donors (Lipinski definition) is 1. The van der Waals surface area contributed by atoms with Gasteiger partial charge in [-0.15, -0.1) is 0 Å². The molecule has 0 atom stereocenters. The maximum Gasteiger partial charge on any atom is 0.109 e. The highest BCUT2D eigenvalue weighted by molar-refractivity contribution is 4.91. The number of hydrogen-bond acceptors (Lipinski definition) is 3. The standard InChI is InChI=1S/C11H22N4/c1-10(2)15(8-5-12)7-4-11-13-6-9-14(11)3/h6,9-10H,4-5,7-8,12H2,1-3H3. The van der Waals surface area contributed by atoms with E-state index in [1.807, 2.05) is 19.4 Å². The minimum Gasteiger partial charge on any atom is -0.338 e. The first-order chi connectivity index (χ1) is 7.15. The number of aryl methyl sites for hydroxylation is 1. The predicted octanol–water partition coefficient (Wildman–Crippen LogP) is 0.632. The van der Waals surface area contributed by atoms with Crippen LogP contribution in [-0.2, 0) is 13.5 Å². The molecular formula is C11H22N4. The third-order valence-corrected chi connectivity index (χ3v) is 2.69. The fraction of sp³-hybridized carbons (Fsp3) is 0.727. The Hall–Kier alpha value is -0.870. The Morgan fingerprint density at radius 2 is 2.20 bits per heavy atom. The minimum absolute atomic E-state index is 0.550. The van der Waals surface area contributed by atoms with Gasteiger partial charge in [0.15, 0.2) is 0 Å². The van der Waals surface area contributed by atoms with Crippen LogP contribution < -0.4 is 5.73 Å². The molecule has 0 amide bonds. The lowest BCUT2D eigenvalue weighted by atomic mass is 10.2. The molecule has 0 saturated heterocycles. The molecular weight excluding hydrogens is 188 g/mol. The van der Waals surface area contributed by atoms with E-state index in [9.17, 15) is 0 Å². The summed E-state index contributed by atoms with van der Waals surface area (Å²) in [5.41, 5.74) is 5.58. The second-order valence-electron chi connectivity index (χ2n) is 4.12. The molecule has 1 rings (SSSR count). The van der Waals surface area contributed by atoms with Crippen LogP contribution in [0, 0.1) is 0 Å². The third kappa shape index (κ3) is 3.64. The quantitative estimate of drug-likeness (QED) is 0.749. The van der Waals surface area contributed by atoms with Crippen LogP contribution in [0.1, 0.15) is 19.7 Å². The van der Waals surface area contributed by atoms with E-state index in [-0.39, 0.29) is 0 Å². The molecule has 86 valence electrons. The van der Waals surface area contributed by atoms with Crippen LogP contribution in [0.5, 0.6) is 0 Å². The lowest BCUT2D eigenvalue weighted by Gasteiger charge is -2.25. The lowest BCUT2D eigenvalue weighted by Crippen LogP contribution is -2.37. The van der Waals surface area contributed by atoms with Gasteiger partial charge in [-0.1, -0.05) is 0 Å². The zero-order chi connectivity index (χ0) is 11.3. The summed E-state index contributed by atoms with van der Waals surface area (Å²) in [6, 6.07) is 0.550. The highest BCUT2D eigenvalue weighted by Crippen LogP contribution is 2.01. The topological polar surface area (TPSA) is 47.1 Å². The van der Waals surface area contributed by atoms with Crippen LogP contribution in [-0.4, -0.2) is 40.1 Å². The van der Waals surface area contributed by atoms with Crippen molar-refractivity contribution >= 4 is 0 Å². The molecule has 4 nitrogen and oxygen atoms in total. The van der Waals surface area contributed by atoms with E-state index in [1.165, 1.54) is 0 Å². The summed E-state index contributed by atoms with van der Waals surface area (Å²) < 4.78 is 2.07. The Kier molecular flexibility index (Phi) is 4.78. The first-order valence-electron chi connectivity index (χ1n) is 5.55. The first kappa shape index (κ1) is 12.2. The largest absolute Gasteiger partial charge is 0.338 e. The van der Waals surface area contributed by atoms with Gasteiger partial charge >= 0.3 is 0 Å². The molecule has 0 aliphatic carbocycles. The number of nitrogens with zero attached hydrogens (tertiary/aromatic N) is 3. The van der Waals surface area contributed by atoms with Gasteiger partial charge in [-0.05, 0) is 13.8 Å². The van der Waals surface area contributed by atoms with Gasteiger partial charge in [0.05, 0.1) is 0 Å². The first-order valence-corrected chi connectivity index (χ1v) is 5.55. The fourth-order valence-electron chi connectivity index (χ4n) is 1.68. The van der Waals surface area contributed by atoms with E-state index >= 15 is 0 Å². The third-order valence-electron chi connectivity index (χ3n) is 2.69. The van der Waals surface area contributed by atoms with Crippen LogP contribution in [0.2, 0.25) is 0 Å². The van der Waals surface area contributed by atoms with Crippen molar-refractivity contribution in [2.45, 2.75) is 26.3 Å². The molecule has 0 aliphatic heterocycles. The van der Waals surface area contributed by atoms with Crippen molar-refractivity contribution < 1.29 is 0 Å². The van der Waals surface area contributed by atoms with Crippen LogP contribution >= 0.6 is 0 Å². The Labute approximate surface area is 92.1 Å². The molecule has 0 spiro atoms. The van der Waals surface area contributed by atoms with E-state index in [1.54, 1.807) is 0 Å². The molecule has 1 aromatic heterocycles. The van der Waals surface area contributed by atoms with Crippen molar-refractivity contribution in [1.29, 1.82) is 0 Å². The molecule has 0 aromatic carbocycles. The van der Waals surface area contributed by atoms with Crippen LogP contribution in [0.4, 0.5) is 0 Å². The average Bonchev–Trinajstić information content (AvgIpc) is 2.58. The van der Waals surface area contributed by atoms with E-state index in [4.69, 9.17) is 5.73 Å². The summed E-state index contributed by atoms with van der Waals surface area (Å²) >= 11 is 0.